The molecule has 1 aromatic carbocycles. The van der Waals surface area contributed by atoms with E-state index in [0.29, 0.717) is 11.4 Å². The number of pyridine rings is 1. The number of carbonyl (C=O) groups excluding carboxylic acids is 1. The van der Waals surface area contributed by atoms with Crippen LogP contribution in [0.4, 0.5) is 11.4 Å². The largest absolute Gasteiger partial charge is 0.473 e. The molecule has 6 nitrogen and oxygen atoms in total. The Balaban J connectivity index is 1.38. The van der Waals surface area contributed by atoms with Gasteiger partial charge < -0.3 is 19.7 Å². The van der Waals surface area contributed by atoms with Crippen LogP contribution >= 0.6 is 11.8 Å². The molecule has 1 N–H and O–H groups in total. The van der Waals surface area contributed by atoms with Gasteiger partial charge in [0, 0.05) is 48.0 Å². The SMILES string of the molecule is O=C(Nc1ccc(N2CCOCC2)cc1)c1ccnc(O[C@@H]2CCSC2)c1. The zero-order valence-corrected chi connectivity index (χ0v) is 15.9. The molecule has 3 heterocycles. The Morgan fingerprint density at radius 1 is 1.22 bits per heavy atom. The second-order valence-electron chi connectivity index (χ2n) is 6.59. The van der Waals surface area contributed by atoms with Crippen molar-refractivity contribution in [2.45, 2.75) is 12.5 Å². The van der Waals surface area contributed by atoms with Crippen LogP contribution in [0.3, 0.4) is 0 Å². The smallest absolute Gasteiger partial charge is 0.255 e. The van der Waals surface area contributed by atoms with Gasteiger partial charge in [-0.1, -0.05) is 0 Å². The summed E-state index contributed by atoms with van der Waals surface area (Å²) in [6, 6.07) is 11.3. The van der Waals surface area contributed by atoms with Crippen LogP contribution in [0.2, 0.25) is 0 Å². The van der Waals surface area contributed by atoms with Gasteiger partial charge in [0.05, 0.1) is 13.2 Å². The highest BCUT2D eigenvalue weighted by molar-refractivity contribution is 7.99. The number of nitrogens with one attached hydrogen (secondary N) is 1. The lowest BCUT2D eigenvalue weighted by molar-refractivity contribution is 0.102. The van der Waals surface area contributed by atoms with Crippen molar-refractivity contribution in [1.29, 1.82) is 0 Å². The molecule has 2 aromatic rings. The summed E-state index contributed by atoms with van der Waals surface area (Å²) in [4.78, 5) is 19.1. The summed E-state index contributed by atoms with van der Waals surface area (Å²) in [6.45, 7) is 3.30. The van der Waals surface area contributed by atoms with Gasteiger partial charge in [0.1, 0.15) is 6.10 Å². The molecule has 0 spiro atoms. The third kappa shape index (κ3) is 4.73. The number of ether oxygens (including phenoxy) is 2. The summed E-state index contributed by atoms with van der Waals surface area (Å²) in [5, 5.41) is 2.94. The van der Waals surface area contributed by atoms with Gasteiger partial charge in [-0.15, -0.1) is 0 Å². The minimum absolute atomic E-state index is 0.165. The monoisotopic (exact) mass is 385 g/mol. The molecular weight excluding hydrogens is 362 g/mol. The Morgan fingerprint density at radius 2 is 2.04 bits per heavy atom. The minimum Gasteiger partial charge on any atom is -0.473 e. The lowest BCUT2D eigenvalue weighted by atomic mass is 10.2. The molecule has 142 valence electrons. The predicted molar refractivity (Wildman–Crippen MR) is 108 cm³/mol. The second kappa shape index (κ2) is 8.63. The summed E-state index contributed by atoms with van der Waals surface area (Å²) < 4.78 is 11.3. The Kier molecular flexibility index (Phi) is 5.79. The Hall–Kier alpha value is -2.25. The minimum atomic E-state index is -0.165. The van der Waals surface area contributed by atoms with Crippen LogP contribution in [-0.4, -0.2) is 54.8 Å². The molecule has 0 radical (unpaired) electrons. The predicted octanol–water partition coefficient (Wildman–Crippen LogP) is 3.05. The number of rotatable bonds is 5. The first-order valence-electron chi connectivity index (χ1n) is 9.22. The maximum Gasteiger partial charge on any atom is 0.255 e. The highest BCUT2D eigenvalue weighted by atomic mass is 32.2. The van der Waals surface area contributed by atoms with E-state index in [9.17, 15) is 4.79 Å². The van der Waals surface area contributed by atoms with Crippen molar-refractivity contribution in [1.82, 2.24) is 4.98 Å². The third-order valence-electron chi connectivity index (χ3n) is 4.67. The lowest BCUT2D eigenvalue weighted by Crippen LogP contribution is -2.36. The Labute approximate surface area is 163 Å². The molecule has 2 saturated heterocycles. The number of morpholine rings is 1. The van der Waals surface area contributed by atoms with Gasteiger partial charge in [-0.25, -0.2) is 4.98 Å². The Bertz CT molecular complexity index is 772. The molecule has 1 atom stereocenters. The molecule has 27 heavy (non-hydrogen) atoms. The molecule has 1 aromatic heterocycles. The number of hydrogen-bond acceptors (Lipinski definition) is 6. The quantitative estimate of drug-likeness (QED) is 0.854. The number of carbonyl (C=O) groups is 1. The number of thioether (sulfide) groups is 1. The lowest BCUT2D eigenvalue weighted by Gasteiger charge is -2.28. The van der Waals surface area contributed by atoms with Crippen LogP contribution in [-0.2, 0) is 4.74 Å². The first-order valence-corrected chi connectivity index (χ1v) is 10.4. The molecule has 2 fully saturated rings. The summed E-state index contributed by atoms with van der Waals surface area (Å²) in [5.74, 6) is 2.44. The van der Waals surface area contributed by atoms with E-state index in [-0.39, 0.29) is 12.0 Å². The summed E-state index contributed by atoms with van der Waals surface area (Å²) in [7, 11) is 0. The van der Waals surface area contributed by atoms with E-state index >= 15 is 0 Å². The number of anilines is 2. The number of aromatic nitrogens is 1. The van der Waals surface area contributed by atoms with E-state index in [4.69, 9.17) is 9.47 Å². The summed E-state index contributed by atoms with van der Waals surface area (Å²) in [5.41, 5.74) is 2.46. The van der Waals surface area contributed by atoms with E-state index in [2.05, 4.69) is 15.2 Å². The summed E-state index contributed by atoms with van der Waals surface area (Å²) in [6.07, 6.45) is 2.83. The highest BCUT2D eigenvalue weighted by Crippen LogP contribution is 2.23. The van der Waals surface area contributed by atoms with Crippen molar-refractivity contribution >= 4 is 29.0 Å². The standard InChI is InChI=1S/C20H23N3O3S/c24-20(15-5-7-21-19(13-15)26-18-6-12-27-14-18)22-16-1-3-17(4-2-16)23-8-10-25-11-9-23/h1-5,7,13,18H,6,8-12,14H2,(H,22,24)/t18-/m1/s1. The van der Waals surface area contributed by atoms with Gasteiger partial charge in [0.15, 0.2) is 0 Å². The van der Waals surface area contributed by atoms with E-state index in [1.807, 2.05) is 36.0 Å². The third-order valence-corrected chi connectivity index (χ3v) is 5.81. The summed E-state index contributed by atoms with van der Waals surface area (Å²) >= 11 is 1.88. The zero-order valence-electron chi connectivity index (χ0n) is 15.1. The molecule has 0 saturated carbocycles. The van der Waals surface area contributed by atoms with Crippen molar-refractivity contribution in [2.24, 2.45) is 0 Å². The Morgan fingerprint density at radius 3 is 2.78 bits per heavy atom. The number of nitrogens with zero attached hydrogens (tertiary/aromatic N) is 2. The van der Waals surface area contributed by atoms with Crippen LogP contribution in [0, 0.1) is 0 Å². The molecule has 1 amide bonds. The van der Waals surface area contributed by atoms with Crippen LogP contribution in [0.25, 0.3) is 0 Å². The molecule has 0 aliphatic carbocycles. The van der Waals surface area contributed by atoms with Crippen LogP contribution in [0.1, 0.15) is 16.8 Å². The molecule has 2 aliphatic rings. The first kappa shape index (κ1) is 18.1. The van der Waals surface area contributed by atoms with E-state index in [1.54, 1.807) is 18.3 Å². The van der Waals surface area contributed by atoms with Gasteiger partial charge in [0.25, 0.3) is 5.91 Å². The number of benzene rings is 1. The maximum atomic E-state index is 12.6. The van der Waals surface area contributed by atoms with Crippen molar-refractivity contribution in [3.63, 3.8) is 0 Å². The second-order valence-corrected chi connectivity index (χ2v) is 7.74. The van der Waals surface area contributed by atoms with Gasteiger partial charge in [-0.05, 0) is 42.5 Å². The normalized spacial score (nSPS) is 19.7. The fourth-order valence-corrected chi connectivity index (χ4v) is 4.27. The zero-order chi connectivity index (χ0) is 18.5. The van der Waals surface area contributed by atoms with Crippen LogP contribution < -0.4 is 15.0 Å². The van der Waals surface area contributed by atoms with Crippen LogP contribution in [0.5, 0.6) is 5.88 Å². The van der Waals surface area contributed by atoms with Gasteiger partial charge in [0.2, 0.25) is 5.88 Å². The van der Waals surface area contributed by atoms with E-state index in [0.717, 1.165) is 55.6 Å². The first-order chi connectivity index (χ1) is 13.3. The van der Waals surface area contributed by atoms with Crippen molar-refractivity contribution in [3.05, 3.63) is 48.2 Å². The maximum absolute atomic E-state index is 12.6. The van der Waals surface area contributed by atoms with Crippen molar-refractivity contribution < 1.29 is 14.3 Å². The van der Waals surface area contributed by atoms with Crippen molar-refractivity contribution in [2.75, 3.05) is 48.0 Å². The topological polar surface area (TPSA) is 63.7 Å². The molecule has 7 heteroatoms. The molecule has 0 unspecified atom stereocenters. The fourth-order valence-electron chi connectivity index (χ4n) is 3.17. The fraction of sp³-hybridized carbons (Fsp3) is 0.400. The van der Waals surface area contributed by atoms with E-state index < -0.39 is 0 Å². The van der Waals surface area contributed by atoms with Gasteiger partial charge in [-0.2, -0.15) is 11.8 Å². The molecule has 0 bridgehead atoms. The molecule has 4 rings (SSSR count). The average Bonchev–Trinajstić information content (AvgIpc) is 3.22. The molecular formula is C20H23N3O3S. The highest BCUT2D eigenvalue weighted by Gasteiger charge is 2.18. The van der Waals surface area contributed by atoms with E-state index in [1.165, 1.54) is 0 Å². The van der Waals surface area contributed by atoms with Gasteiger partial charge in [-0.3, -0.25) is 4.79 Å². The molecule has 2 aliphatic heterocycles. The average molecular weight is 385 g/mol. The van der Waals surface area contributed by atoms with Gasteiger partial charge >= 0.3 is 0 Å². The number of amides is 1. The van der Waals surface area contributed by atoms with Crippen LogP contribution in [0.15, 0.2) is 42.6 Å². The number of hydrogen-bond donors (Lipinski definition) is 1. The van der Waals surface area contributed by atoms with Crippen molar-refractivity contribution in [3.8, 4) is 5.88 Å².